The van der Waals surface area contributed by atoms with E-state index in [1.165, 1.54) is 16.7 Å². The first-order chi connectivity index (χ1) is 11.1. The van der Waals surface area contributed by atoms with E-state index in [4.69, 9.17) is 0 Å². The van der Waals surface area contributed by atoms with E-state index in [1.54, 1.807) is 0 Å². The highest BCUT2D eigenvalue weighted by atomic mass is 16.3. The Labute approximate surface area is 139 Å². The fraction of sp³-hybridized carbons (Fsp3) is 0.429. The third-order valence-corrected chi connectivity index (χ3v) is 5.09. The van der Waals surface area contributed by atoms with Gasteiger partial charge in [0.15, 0.2) is 0 Å². The quantitative estimate of drug-likeness (QED) is 0.830. The lowest BCUT2D eigenvalue weighted by atomic mass is 9.99. The van der Waals surface area contributed by atoms with E-state index in [0.717, 1.165) is 32.5 Å². The van der Waals surface area contributed by atoms with Gasteiger partial charge in [0.25, 0.3) is 0 Å². The van der Waals surface area contributed by atoms with Crippen LogP contribution in [0.3, 0.4) is 0 Å². The average molecular weight is 309 g/mol. The minimum absolute atomic E-state index is 0.111. The van der Waals surface area contributed by atoms with Crippen molar-refractivity contribution in [1.82, 2.24) is 4.90 Å². The molecule has 3 rings (SSSR count). The zero-order valence-electron chi connectivity index (χ0n) is 14.2. The van der Waals surface area contributed by atoms with Crippen LogP contribution in [0, 0.1) is 12.3 Å². The summed E-state index contributed by atoms with van der Waals surface area (Å²) in [6.07, 6.45) is 2.06. The van der Waals surface area contributed by atoms with Crippen LogP contribution in [0.15, 0.2) is 54.6 Å². The standard InChI is InChI=1S/C21H27NO/c1-17-8-10-20(11-9-17)15-22(14-19-6-4-3-5-7-19)16-21(12-13-21)18(2)23/h3-11,18,23H,12-16H2,1-2H3. The fourth-order valence-electron chi connectivity index (χ4n) is 3.27. The Morgan fingerprint density at radius 1 is 0.957 bits per heavy atom. The van der Waals surface area contributed by atoms with Gasteiger partial charge in [0, 0.05) is 25.0 Å². The molecule has 0 spiro atoms. The lowest BCUT2D eigenvalue weighted by molar-refractivity contribution is 0.0720. The molecular weight excluding hydrogens is 282 g/mol. The second-order valence-corrected chi connectivity index (χ2v) is 7.15. The van der Waals surface area contributed by atoms with Gasteiger partial charge >= 0.3 is 0 Å². The first kappa shape index (κ1) is 16.2. The van der Waals surface area contributed by atoms with Crippen molar-refractivity contribution in [2.45, 2.75) is 45.9 Å². The predicted octanol–water partition coefficient (Wildman–Crippen LogP) is 4.16. The molecule has 1 aliphatic rings. The largest absolute Gasteiger partial charge is 0.393 e. The maximum absolute atomic E-state index is 10.1. The molecule has 23 heavy (non-hydrogen) atoms. The maximum atomic E-state index is 10.1. The zero-order chi connectivity index (χ0) is 16.3. The Bertz CT molecular complexity index is 614. The molecule has 2 nitrogen and oxygen atoms in total. The van der Waals surface area contributed by atoms with Crippen LogP contribution in [-0.4, -0.2) is 22.7 Å². The predicted molar refractivity (Wildman–Crippen MR) is 95.1 cm³/mol. The van der Waals surface area contributed by atoms with Crippen molar-refractivity contribution in [2.75, 3.05) is 6.54 Å². The van der Waals surface area contributed by atoms with Crippen LogP contribution < -0.4 is 0 Å². The third kappa shape index (κ3) is 4.21. The van der Waals surface area contributed by atoms with Crippen molar-refractivity contribution in [1.29, 1.82) is 0 Å². The molecule has 2 heteroatoms. The zero-order valence-corrected chi connectivity index (χ0v) is 14.2. The van der Waals surface area contributed by atoms with E-state index >= 15 is 0 Å². The van der Waals surface area contributed by atoms with E-state index < -0.39 is 0 Å². The van der Waals surface area contributed by atoms with Gasteiger partial charge < -0.3 is 5.11 Å². The lowest BCUT2D eigenvalue weighted by Crippen LogP contribution is -2.35. The highest BCUT2D eigenvalue weighted by Crippen LogP contribution is 2.49. The van der Waals surface area contributed by atoms with Gasteiger partial charge in [0.2, 0.25) is 0 Å². The first-order valence-corrected chi connectivity index (χ1v) is 8.57. The van der Waals surface area contributed by atoms with Crippen LogP contribution in [0.25, 0.3) is 0 Å². The summed E-state index contributed by atoms with van der Waals surface area (Å²) >= 11 is 0. The minimum Gasteiger partial charge on any atom is -0.393 e. The molecule has 0 aliphatic heterocycles. The van der Waals surface area contributed by atoms with Crippen LogP contribution in [0.5, 0.6) is 0 Å². The second-order valence-electron chi connectivity index (χ2n) is 7.15. The van der Waals surface area contributed by atoms with Gasteiger partial charge in [-0.3, -0.25) is 4.90 Å². The van der Waals surface area contributed by atoms with Crippen LogP contribution in [0.2, 0.25) is 0 Å². The Hall–Kier alpha value is -1.64. The third-order valence-electron chi connectivity index (χ3n) is 5.09. The van der Waals surface area contributed by atoms with Gasteiger partial charge in [-0.25, -0.2) is 0 Å². The Morgan fingerprint density at radius 2 is 1.52 bits per heavy atom. The summed E-state index contributed by atoms with van der Waals surface area (Å²) in [5.41, 5.74) is 4.08. The number of aliphatic hydroxyl groups is 1. The molecule has 1 aliphatic carbocycles. The summed E-state index contributed by atoms with van der Waals surface area (Å²) < 4.78 is 0. The van der Waals surface area contributed by atoms with E-state index in [1.807, 2.05) is 6.92 Å². The van der Waals surface area contributed by atoms with Crippen molar-refractivity contribution < 1.29 is 5.11 Å². The highest BCUT2D eigenvalue weighted by molar-refractivity contribution is 5.22. The van der Waals surface area contributed by atoms with Crippen LogP contribution in [0.4, 0.5) is 0 Å². The molecule has 0 radical (unpaired) electrons. The molecule has 1 saturated carbocycles. The second kappa shape index (κ2) is 6.86. The Kier molecular flexibility index (Phi) is 4.84. The van der Waals surface area contributed by atoms with E-state index in [9.17, 15) is 5.11 Å². The average Bonchev–Trinajstić information content (AvgIpc) is 3.31. The number of nitrogens with zero attached hydrogens (tertiary/aromatic N) is 1. The maximum Gasteiger partial charge on any atom is 0.0580 e. The normalized spacial score (nSPS) is 17.2. The molecule has 2 aromatic rings. The number of aryl methyl sites for hydroxylation is 1. The summed E-state index contributed by atoms with van der Waals surface area (Å²) in [6, 6.07) is 19.4. The molecule has 0 saturated heterocycles. The molecule has 1 fully saturated rings. The Morgan fingerprint density at radius 3 is 2.04 bits per heavy atom. The van der Waals surface area contributed by atoms with Gasteiger partial charge in [-0.2, -0.15) is 0 Å². The number of hydrogen-bond donors (Lipinski definition) is 1. The highest BCUT2D eigenvalue weighted by Gasteiger charge is 2.47. The smallest absolute Gasteiger partial charge is 0.0580 e. The van der Waals surface area contributed by atoms with Crippen molar-refractivity contribution in [2.24, 2.45) is 5.41 Å². The number of rotatable bonds is 7. The summed E-state index contributed by atoms with van der Waals surface area (Å²) in [7, 11) is 0. The van der Waals surface area contributed by atoms with E-state index in [-0.39, 0.29) is 11.5 Å². The van der Waals surface area contributed by atoms with Crippen molar-refractivity contribution in [3.63, 3.8) is 0 Å². The summed E-state index contributed by atoms with van der Waals surface area (Å²) in [5, 5.41) is 10.1. The SMILES string of the molecule is Cc1ccc(CN(Cc2ccccc2)CC2(C(C)O)CC2)cc1. The lowest BCUT2D eigenvalue weighted by Gasteiger charge is -2.29. The molecule has 1 unspecified atom stereocenters. The van der Waals surface area contributed by atoms with Crippen molar-refractivity contribution in [3.8, 4) is 0 Å². The molecule has 0 bridgehead atoms. The van der Waals surface area contributed by atoms with E-state index in [0.29, 0.717) is 0 Å². The first-order valence-electron chi connectivity index (χ1n) is 8.57. The fourth-order valence-corrected chi connectivity index (χ4v) is 3.27. The summed E-state index contributed by atoms with van der Waals surface area (Å²) in [5.74, 6) is 0. The van der Waals surface area contributed by atoms with Crippen molar-refractivity contribution in [3.05, 3.63) is 71.3 Å². The van der Waals surface area contributed by atoms with Crippen LogP contribution >= 0.6 is 0 Å². The van der Waals surface area contributed by atoms with Gasteiger partial charge in [-0.15, -0.1) is 0 Å². The molecule has 0 heterocycles. The van der Waals surface area contributed by atoms with Gasteiger partial charge in [-0.1, -0.05) is 60.2 Å². The topological polar surface area (TPSA) is 23.5 Å². The van der Waals surface area contributed by atoms with Crippen LogP contribution in [-0.2, 0) is 13.1 Å². The molecular formula is C21H27NO. The molecule has 0 aromatic heterocycles. The minimum atomic E-state index is -0.223. The number of hydrogen-bond acceptors (Lipinski definition) is 2. The molecule has 1 atom stereocenters. The summed E-state index contributed by atoms with van der Waals surface area (Å²) in [4.78, 5) is 2.49. The van der Waals surface area contributed by atoms with Gasteiger partial charge in [0.1, 0.15) is 0 Å². The molecule has 122 valence electrons. The Balaban J connectivity index is 1.74. The molecule has 0 amide bonds. The summed E-state index contributed by atoms with van der Waals surface area (Å²) in [6.45, 7) is 6.90. The van der Waals surface area contributed by atoms with Gasteiger partial charge in [0.05, 0.1) is 6.10 Å². The number of benzene rings is 2. The monoisotopic (exact) mass is 309 g/mol. The van der Waals surface area contributed by atoms with Crippen LogP contribution in [0.1, 0.15) is 36.5 Å². The number of aliphatic hydroxyl groups excluding tert-OH is 1. The molecule has 1 N–H and O–H groups in total. The molecule has 2 aromatic carbocycles. The van der Waals surface area contributed by atoms with E-state index in [2.05, 4.69) is 66.4 Å². The van der Waals surface area contributed by atoms with Crippen molar-refractivity contribution >= 4 is 0 Å². The van der Waals surface area contributed by atoms with Gasteiger partial charge in [-0.05, 0) is 37.8 Å².